The second kappa shape index (κ2) is 7.82. The van der Waals surface area contributed by atoms with E-state index in [2.05, 4.69) is 10.5 Å². The van der Waals surface area contributed by atoms with Gasteiger partial charge in [-0.25, -0.2) is 0 Å². The van der Waals surface area contributed by atoms with Crippen LogP contribution in [0.15, 0.2) is 53.6 Å². The summed E-state index contributed by atoms with van der Waals surface area (Å²) in [6.45, 7) is 0.436. The number of anilines is 1. The third kappa shape index (κ3) is 5.02. The molecular formula is C16H14ClN5O. The van der Waals surface area contributed by atoms with Crippen LogP contribution in [0.5, 0.6) is 5.75 Å². The first-order valence-corrected chi connectivity index (χ1v) is 7.02. The van der Waals surface area contributed by atoms with Gasteiger partial charge in [0.05, 0.1) is 5.69 Å². The van der Waals surface area contributed by atoms with E-state index in [9.17, 15) is 0 Å². The van der Waals surface area contributed by atoms with E-state index >= 15 is 0 Å². The number of ether oxygens (including phenoxy) is 1. The number of nitrogens with two attached hydrogens (primary N) is 1. The molecule has 0 aliphatic heterocycles. The number of hydrogen-bond acceptors (Lipinski definition) is 5. The van der Waals surface area contributed by atoms with Gasteiger partial charge in [-0.3, -0.25) is 10.8 Å². The molecule has 0 aliphatic carbocycles. The minimum atomic E-state index is -0.386. The molecule has 0 bridgehead atoms. The molecule has 0 spiro atoms. The summed E-state index contributed by atoms with van der Waals surface area (Å²) in [5, 5.41) is 20.3. The molecule has 4 N–H and O–H groups in total. The molecule has 116 valence electrons. The summed E-state index contributed by atoms with van der Waals surface area (Å²) in [6.07, 6.45) is 0. The van der Waals surface area contributed by atoms with Crippen molar-refractivity contribution in [3.05, 3.63) is 59.1 Å². The summed E-state index contributed by atoms with van der Waals surface area (Å²) in [5.74, 6) is 0.310. The molecule has 7 heteroatoms. The van der Waals surface area contributed by atoms with Crippen LogP contribution in [0.1, 0.15) is 5.56 Å². The van der Waals surface area contributed by atoms with Crippen molar-refractivity contribution in [3.63, 3.8) is 0 Å². The molecule has 0 radical (unpaired) electrons. The predicted octanol–water partition coefficient (Wildman–Crippen LogP) is 3.15. The number of rotatable bonds is 6. The Balaban J connectivity index is 1.93. The van der Waals surface area contributed by atoms with Gasteiger partial charge in [0.1, 0.15) is 18.4 Å². The number of nitrogens with zero attached hydrogens (tertiary/aromatic N) is 2. The standard InChI is InChI=1S/C16H14ClN5O/c17-12-3-1-11(2-4-12)10-23-14-7-5-13(6-8-14)21-22-15(9-18)16(19)20/h1-8,21H,10H2,(H3,19,20)/b22-15+. The van der Waals surface area contributed by atoms with Gasteiger partial charge in [-0.15, -0.1) is 0 Å². The molecule has 0 aliphatic rings. The highest BCUT2D eigenvalue weighted by atomic mass is 35.5. The molecule has 0 saturated carbocycles. The van der Waals surface area contributed by atoms with Crippen molar-refractivity contribution in [1.29, 1.82) is 10.7 Å². The van der Waals surface area contributed by atoms with Crippen molar-refractivity contribution in [2.75, 3.05) is 5.43 Å². The monoisotopic (exact) mass is 327 g/mol. The van der Waals surface area contributed by atoms with E-state index in [4.69, 9.17) is 32.7 Å². The Bertz CT molecular complexity index is 748. The van der Waals surface area contributed by atoms with Crippen molar-refractivity contribution in [3.8, 4) is 11.8 Å². The highest BCUT2D eigenvalue weighted by molar-refractivity contribution is 6.45. The third-order valence-corrected chi connectivity index (χ3v) is 3.08. The number of benzene rings is 2. The SMILES string of the molecule is N#C/C(=N\Nc1ccc(OCc2ccc(Cl)cc2)cc1)C(=N)N. The van der Waals surface area contributed by atoms with Gasteiger partial charge < -0.3 is 10.5 Å². The van der Waals surface area contributed by atoms with Gasteiger partial charge in [0.15, 0.2) is 5.84 Å². The quantitative estimate of drug-likeness (QED) is 0.430. The van der Waals surface area contributed by atoms with Crippen LogP contribution in [0.3, 0.4) is 0 Å². The zero-order valence-corrected chi connectivity index (χ0v) is 12.8. The minimum absolute atomic E-state index is 0.173. The molecule has 0 saturated heterocycles. The first-order valence-electron chi connectivity index (χ1n) is 6.64. The molecule has 2 aromatic rings. The Labute approximate surface area is 138 Å². The fourth-order valence-electron chi connectivity index (χ4n) is 1.64. The summed E-state index contributed by atoms with van der Waals surface area (Å²) in [4.78, 5) is 0. The van der Waals surface area contributed by atoms with Crippen LogP contribution in [-0.4, -0.2) is 11.5 Å². The summed E-state index contributed by atoms with van der Waals surface area (Å²) in [5.41, 5.74) is 9.35. The Morgan fingerprint density at radius 1 is 1.22 bits per heavy atom. The molecule has 0 unspecified atom stereocenters. The average molecular weight is 328 g/mol. The van der Waals surface area contributed by atoms with Gasteiger partial charge in [0.25, 0.3) is 0 Å². The van der Waals surface area contributed by atoms with Gasteiger partial charge in [0.2, 0.25) is 5.71 Å². The van der Waals surface area contributed by atoms with E-state index < -0.39 is 0 Å². The van der Waals surface area contributed by atoms with Crippen LogP contribution < -0.4 is 15.9 Å². The van der Waals surface area contributed by atoms with E-state index in [1.165, 1.54) is 0 Å². The second-order valence-electron chi connectivity index (χ2n) is 4.54. The smallest absolute Gasteiger partial charge is 0.201 e. The maximum absolute atomic E-state index is 8.74. The first kappa shape index (κ1) is 16.3. The molecule has 0 amide bonds. The van der Waals surface area contributed by atoms with Crippen LogP contribution in [0.4, 0.5) is 5.69 Å². The highest BCUT2D eigenvalue weighted by Crippen LogP contribution is 2.18. The topological polar surface area (TPSA) is 107 Å². The fraction of sp³-hybridized carbons (Fsp3) is 0.0625. The summed E-state index contributed by atoms with van der Waals surface area (Å²) in [7, 11) is 0. The lowest BCUT2D eigenvalue weighted by Crippen LogP contribution is -2.21. The number of hydrazone groups is 1. The second-order valence-corrected chi connectivity index (χ2v) is 4.97. The molecule has 0 atom stereocenters. The molecule has 0 aromatic heterocycles. The lowest BCUT2D eigenvalue weighted by molar-refractivity contribution is 0.306. The van der Waals surface area contributed by atoms with Gasteiger partial charge in [-0.1, -0.05) is 23.7 Å². The summed E-state index contributed by atoms with van der Waals surface area (Å²) in [6, 6.07) is 16.2. The highest BCUT2D eigenvalue weighted by Gasteiger charge is 2.01. The number of hydrogen-bond donors (Lipinski definition) is 3. The largest absolute Gasteiger partial charge is 0.489 e. The van der Waals surface area contributed by atoms with Crippen LogP contribution in [0.2, 0.25) is 5.02 Å². The summed E-state index contributed by atoms with van der Waals surface area (Å²) >= 11 is 5.83. The van der Waals surface area contributed by atoms with Crippen LogP contribution in [-0.2, 0) is 6.61 Å². The number of nitrogens with one attached hydrogen (secondary N) is 2. The van der Waals surface area contributed by atoms with Crippen molar-refractivity contribution in [2.24, 2.45) is 10.8 Å². The maximum Gasteiger partial charge on any atom is 0.201 e. The Hall–Kier alpha value is -3.04. The van der Waals surface area contributed by atoms with Gasteiger partial charge in [0, 0.05) is 5.02 Å². The lowest BCUT2D eigenvalue weighted by Gasteiger charge is -2.07. The van der Waals surface area contributed by atoms with Crippen LogP contribution in [0, 0.1) is 16.7 Å². The Morgan fingerprint density at radius 3 is 2.43 bits per heavy atom. The van der Waals surface area contributed by atoms with E-state index in [1.807, 2.05) is 24.3 Å². The zero-order valence-electron chi connectivity index (χ0n) is 12.1. The number of nitriles is 1. The average Bonchev–Trinajstić information content (AvgIpc) is 2.56. The van der Waals surface area contributed by atoms with E-state index in [1.54, 1.807) is 30.3 Å². The van der Waals surface area contributed by atoms with Crippen molar-refractivity contribution in [1.82, 2.24) is 0 Å². The van der Waals surface area contributed by atoms with Crippen molar-refractivity contribution in [2.45, 2.75) is 6.61 Å². The third-order valence-electron chi connectivity index (χ3n) is 2.83. The van der Waals surface area contributed by atoms with Gasteiger partial charge in [-0.2, -0.15) is 10.4 Å². The van der Waals surface area contributed by atoms with E-state index in [0.29, 0.717) is 23.1 Å². The van der Waals surface area contributed by atoms with Crippen LogP contribution in [0.25, 0.3) is 0 Å². The minimum Gasteiger partial charge on any atom is -0.489 e. The number of halogens is 1. The molecule has 2 aromatic carbocycles. The normalized spacial score (nSPS) is 10.7. The van der Waals surface area contributed by atoms with E-state index in [-0.39, 0.29) is 11.5 Å². The maximum atomic E-state index is 8.74. The molecule has 2 rings (SSSR count). The molecule has 0 heterocycles. The zero-order chi connectivity index (χ0) is 16.7. The van der Waals surface area contributed by atoms with Crippen molar-refractivity contribution < 1.29 is 4.74 Å². The van der Waals surface area contributed by atoms with Gasteiger partial charge >= 0.3 is 0 Å². The fourth-order valence-corrected chi connectivity index (χ4v) is 1.76. The van der Waals surface area contributed by atoms with Gasteiger partial charge in [-0.05, 0) is 42.0 Å². The van der Waals surface area contributed by atoms with Crippen LogP contribution >= 0.6 is 11.6 Å². The molecule has 6 nitrogen and oxygen atoms in total. The lowest BCUT2D eigenvalue weighted by atomic mass is 10.2. The Kier molecular flexibility index (Phi) is 5.56. The first-order chi connectivity index (χ1) is 11.1. The number of amidine groups is 1. The molecule has 0 fully saturated rings. The Morgan fingerprint density at radius 2 is 1.87 bits per heavy atom. The van der Waals surface area contributed by atoms with Crippen molar-refractivity contribution >= 4 is 28.8 Å². The summed E-state index contributed by atoms with van der Waals surface area (Å²) < 4.78 is 5.66. The molecule has 23 heavy (non-hydrogen) atoms. The molecular weight excluding hydrogens is 314 g/mol. The predicted molar refractivity (Wildman–Crippen MR) is 90.8 cm³/mol. The van der Waals surface area contributed by atoms with E-state index in [0.717, 1.165) is 5.56 Å².